The van der Waals surface area contributed by atoms with Crippen LogP contribution in [0.3, 0.4) is 0 Å². The summed E-state index contributed by atoms with van der Waals surface area (Å²) >= 11 is 0. The quantitative estimate of drug-likeness (QED) is 0.162. The van der Waals surface area contributed by atoms with Crippen molar-refractivity contribution in [2.45, 2.75) is 116 Å². The lowest BCUT2D eigenvalue weighted by Crippen LogP contribution is -2.35. The molecule has 0 radical (unpaired) electrons. The Balaban J connectivity index is 4.07. The van der Waals surface area contributed by atoms with E-state index in [9.17, 15) is 0 Å². The fourth-order valence-electron chi connectivity index (χ4n) is 3.06. The maximum atomic E-state index is 6.55. The van der Waals surface area contributed by atoms with Crippen LogP contribution in [-0.2, 0) is 4.43 Å². The molecule has 0 aromatic carbocycles. The van der Waals surface area contributed by atoms with E-state index in [1.807, 2.05) is 6.08 Å². The molecule has 1 nitrogen and oxygen atoms in total. The maximum absolute atomic E-state index is 6.55. The fourth-order valence-corrected chi connectivity index (χ4v) is 4.99. The highest BCUT2D eigenvalue weighted by molar-refractivity contribution is 6.71. The molecule has 0 N–H and O–H groups in total. The standard InChI is InChI=1S/C20H42OSi/c1-6-9-11-13-14-16-18-20(17-15-12-10-7-2)21-22(4,5)19-8-3/h8,20H,3,6-7,9-19H2,1-2,4-5H3. The van der Waals surface area contributed by atoms with Gasteiger partial charge in [0.15, 0.2) is 8.32 Å². The van der Waals surface area contributed by atoms with E-state index in [1.54, 1.807) is 0 Å². The highest BCUT2D eigenvalue weighted by atomic mass is 28.4. The smallest absolute Gasteiger partial charge is 0.190 e. The van der Waals surface area contributed by atoms with E-state index in [0.29, 0.717) is 6.10 Å². The Morgan fingerprint density at radius 3 is 1.77 bits per heavy atom. The summed E-state index contributed by atoms with van der Waals surface area (Å²) in [6.07, 6.45) is 18.8. The number of rotatable bonds is 16. The first kappa shape index (κ1) is 21.9. The Hall–Kier alpha value is -0.0831. The van der Waals surface area contributed by atoms with Gasteiger partial charge in [-0.2, -0.15) is 0 Å². The third-order valence-electron chi connectivity index (χ3n) is 4.38. The number of hydrogen-bond donors (Lipinski definition) is 0. The Morgan fingerprint density at radius 2 is 1.27 bits per heavy atom. The molecule has 132 valence electrons. The number of unbranched alkanes of at least 4 members (excludes halogenated alkanes) is 8. The largest absolute Gasteiger partial charge is 0.414 e. The van der Waals surface area contributed by atoms with Gasteiger partial charge in [0.1, 0.15) is 0 Å². The van der Waals surface area contributed by atoms with Crippen LogP contribution < -0.4 is 0 Å². The third-order valence-corrected chi connectivity index (χ3v) is 6.62. The highest BCUT2D eigenvalue weighted by Gasteiger charge is 2.24. The summed E-state index contributed by atoms with van der Waals surface area (Å²) in [6, 6.07) is 1.08. The molecule has 0 aliphatic heterocycles. The van der Waals surface area contributed by atoms with E-state index >= 15 is 0 Å². The van der Waals surface area contributed by atoms with Crippen LogP contribution in [0, 0.1) is 0 Å². The van der Waals surface area contributed by atoms with Crippen molar-refractivity contribution >= 4 is 8.32 Å². The molecule has 0 amide bonds. The van der Waals surface area contributed by atoms with E-state index in [2.05, 4.69) is 33.5 Å². The molecule has 1 unspecified atom stereocenters. The van der Waals surface area contributed by atoms with Crippen LogP contribution in [0.4, 0.5) is 0 Å². The second-order valence-electron chi connectivity index (χ2n) is 7.40. The average Bonchev–Trinajstić information content (AvgIpc) is 2.46. The lowest BCUT2D eigenvalue weighted by atomic mass is 10.0. The van der Waals surface area contributed by atoms with Gasteiger partial charge in [0.05, 0.1) is 0 Å². The molecule has 2 heteroatoms. The van der Waals surface area contributed by atoms with Gasteiger partial charge in [0, 0.05) is 6.10 Å². The Morgan fingerprint density at radius 1 is 0.818 bits per heavy atom. The van der Waals surface area contributed by atoms with Crippen molar-refractivity contribution in [2.24, 2.45) is 0 Å². The summed E-state index contributed by atoms with van der Waals surface area (Å²) in [7, 11) is -1.53. The number of allylic oxidation sites excluding steroid dienone is 1. The minimum Gasteiger partial charge on any atom is -0.414 e. The first-order chi connectivity index (χ1) is 10.6. The SMILES string of the molecule is C=CC[Si](C)(C)OC(CCCCCC)CCCCCCCC. The van der Waals surface area contributed by atoms with Crippen molar-refractivity contribution in [3.63, 3.8) is 0 Å². The minimum absolute atomic E-state index is 0.504. The van der Waals surface area contributed by atoms with Crippen LogP contribution in [0.25, 0.3) is 0 Å². The average molecular weight is 327 g/mol. The molecular formula is C20H42OSi. The van der Waals surface area contributed by atoms with Gasteiger partial charge in [-0.05, 0) is 32.0 Å². The normalized spacial score (nSPS) is 13.3. The summed E-state index contributed by atoms with van der Waals surface area (Å²) in [5.41, 5.74) is 0. The zero-order valence-electron chi connectivity index (χ0n) is 16.0. The monoisotopic (exact) mass is 326 g/mol. The van der Waals surface area contributed by atoms with E-state index in [1.165, 1.54) is 77.0 Å². The zero-order valence-corrected chi connectivity index (χ0v) is 17.0. The van der Waals surface area contributed by atoms with Gasteiger partial charge < -0.3 is 4.43 Å². The van der Waals surface area contributed by atoms with Crippen molar-refractivity contribution in [3.8, 4) is 0 Å². The van der Waals surface area contributed by atoms with Crippen LogP contribution >= 0.6 is 0 Å². The Labute approximate surface area is 142 Å². The predicted molar refractivity (Wildman–Crippen MR) is 104 cm³/mol. The summed E-state index contributed by atoms with van der Waals surface area (Å²) in [6.45, 7) is 13.1. The molecule has 0 spiro atoms. The van der Waals surface area contributed by atoms with Crippen LogP contribution in [0.5, 0.6) is 0 Å². The van der Waals surface area contributed by atoms with Crippen molar-refractivity contribution in [3.05, 3.63) is 12.7 Å². The molecule has 0 saturated heterocycles. The second-order valence-corrected chi connectivity index (χ2v) is 11.6. The van der Waals surface area contributed by atoms with Crippen LogP contribution in [0.2, 0.25) is 19.1 Å². The molecule has 1 atom stereocenters. The van der Waals surface area contributed by atoms with Gasteiger partial charge in [0.25, 0.3) is 0 Å². The van der Waals surface area contributed by atoms with E-state index in [-0.39, 0.29) is 0 Å². The molecular weight excluding hydrogens is 284 g/mol. The van der Waals surface area contributed by atoms with Gasteiger partial charge in [-0.15, -0.1) is 6.58 Å². The first-order valence-electron chi connectivity index (χ1n) is 9.84. The van der Waals surface area contributed by atoms with Crippen molar-refractivity contribution in [1.29, 1.82) is 0 Å². The predicted octanol–water partition coefficient (Wildman–Crippen LogP) is 7.48. The van der Waals surface area contributed by atoms with E-state index in [0.717, 1.165) is 6.04 Å². The molecule has 0 fully saturated rings. The van der Waals surface area contributed by atoms with Gasteiger partial charge in [-0.1, -0.05) is 84.1 Å². The van der Waals surface area contributed by atoms with Gasteiger partial charge in [0.2, 0.25) is 0 Å². The molecule has 0 heterocycles. The Bertz CT molecular complexity index is 250. The molecule has 0 aliphatic rings. The zero-order chi connectivity index (χ0) is 16.7. The minimum atomic E-state index is -1.53. The van der Waals surface area contributed by atoms with Crippen LogP contribution in [-0.4, -0.2) is 14.4 Å². The first-order valence-corrected chi connectivity index (χ1v) is 13.0. The molecule has 0 bridgehead atoms. The third kappa shape index (κ3) is 13.6. The summed E-state index contributed by atoms with van der Waals surface area (Å²) in [5, 5.41) is 0. The molecule has 0 aromatic heterocycles. The van der Waals surface area contributed by atoms with Crippen molar-refractivity contribution < 1.29 is 4.43 Å². The summed E-state index contributed by atoms with van der Waals surface area (Å²) in [5.74, 6) is 0. The van der Waals surface area contributed by atoms with Crippen LogP contribution in [0.1, 0.15) is 90.9 Å². The highest BCUT2D eigenvalue weighted by Crippen LogP contribution is 2.22. The lowest BCUT2D eigenvalue weighted by molar-refractivity contribution is 0.164. The molecule has 22 heavy (non-hydrogen) atoms. The van der Waals surface area contributed by atoms with Gasteiger partial charge in [-0.3, -0.25) is 0 Å². The van der Waals surface area contributed by atoms with Gasteiger partial charge in [-0.25, -0.2) is 0 Å². The lowest BCUT2D eigenvalue weighted by Gasteiger charge is -2.29. The molecule has 0 rings (SSSR count). The van der Waals surface area contributed by atoms with E-state index in [4.69, 9.17) is 4.43 Å². The topological polar surface area (TPSA) is 9.23 Å². The molecule has 0 aromatic rings. The molecule has 0 saturated carbocycles. The summed E-state index contributed by atoms with van der Waals surface area (Å²) < 4.78 is 6.55. The summed E-state index contributed by atoms with van der Waals surface area (Å²) in [4.78, 5) is 0. The van der Waals surface area contributed by atoms with Crippen molar-refractivity contribution in [1.82, 2.24) is 0 Å². The van der Waals surface area contributed by atoms with Crippen LogP contribution in [0.15, 0.2) is 12.7 Å². The molecule has 0 aliphatic carbocycles. The second kappa shape index (κ2) is 14.5. The van der Waals surface area contributed by atoms with E-state index < -0.39 is 8.32 Å². The fraction of sp³-hybridized carbons (Fsp3) is 0.900. The Kier molecular flexibility index (Phi) is 14.5. The maximum Gasteiger partial charge on any atom is 0.190 e. The van der Waals surface area contributed by atoms with Gasteiger partial charge >= 0.3 is 0 Å². The number of hydrogen-bond acceptors (Lipinski definition) is 1. The van der Waals surface area contributed by atoms with Crippen molar-refractivity contribution in [2.75, 3.05) is 0 Å².